The number of benzene rings is 2. The molecule has 0 atom stereocenters. The van der Waals surface area contributed by atoms with E-state index < -0.39 is 5.97 Å². The van der Waals surface area contributed by atoms with Crippen molar-refractivity contribution in [2.75, 3.05) is 13.2 Å². The molecular weight excluding hydrogens is 268 g/mol. The first-order valence-corrected chi connectivity index (χ1v) is 6.86. The van der Waals surface area contributed by atoms with Crippen LogP contribution in [0.25, 0.3) is 10.8 Å². The third-order valence-electron chi connectivity index (χ3n) is 2.89. The molecule has 4 heteroatoms. The topological polar surface area (TPSA) is 44.8 Å². The summed E-state index contributed by atoms with van der Waals surface area (Å²) in [5.41, 5.74) is 0. The Morgan fingerprint density at radius 1 is 1.10 bits per heavy atom. The zero-order chi connectivity index (χ0) is 15.2. The van der Waals surface area contributed by atoms with Crippen LogP contribution < -0.4 is 14.2 Å². The van der Waals surface area contributed by atoms with Crippen LogP contribution in [0.1, 0.15) is 13.8 Å². The summed E-state index contributed by atoms with van der Waals surface area (Å²) in [6.45, 7) is 8.23. The molecule has 0 spiro atoms. The molecule has 0 aliphatic heterocycles. The zero-order valence-electron chi connectivity index (χ0n) is 12.2. The Balaban J connectivity index is 2.65. The van der Waals surface area contributed by atoms with Crippen LogP contribution in [0.5, 0.6) is 17.2 Å². The second-order valence-electron chi connectivity index (χ2n) is 4.24. The average molecular weight is 286 g/mol. The van der Waals surface area contributed by atoms with Crippen molar-refractivity contribution in [3.05, 3.63) is 43.0 Å². The van der Waals surface area contributed by atoms with Gasteiger partial charge >= 0.3 is 5.97 Å². The molecule has 0 bridgehead atoms. The fourth-order valence-corrected chi connectivity index (χ4v) is 2.08. The summed E-state index contributed by atoms with van der Waals surface area (Å²) in [4.78, 5) is 11.5. The molecule has 0 saturated carbocycles. The summed E-state index contributed by atoms with van der Waals surface area (Å²) < 4.78 is 16.6. The van der Waals surface area contributed by atoms with Crippen LogP contribution in [0.4, 0.5) is 0 Å². The molecule has 21 heavy (non-hydrogen) atoms. The molecule has 0 aliphatic rings. The summed E-state index contributed by atoms with van der Waals surface area (Å²) in [6.07, 6.45) is 1.13. The van der Waals surface area contributed by atoms with E-state index in [0.717, 1.165) is 16.8 Å². The van der Waals surface area contributed by atoms with E-state index in [-0.39, 0.29) is 0 Å². The van der Waals surface area contributed by atoms with Gasteiger partial charge in [-0.2, -0.15) is 0 Å². The Labute approximate surface area is 123 Å². The number of fused-ring (bicyclic) bond motifs is 1. The van der Waals surface area contributed by atoms with E-state index >= 15 is 0 Å². The van der Waals surface area contributed by atoms with Gasteiger partial charge in [0.25, 0.3) is 0 Å². The van der Waals surface area contributed by atoms with Crippen molar-refractivity contribution in [1.82, 2.24) is 0 Å². The third-order valence-corrected chi connectivity index (χ3v) is 2.89. The van der Waals surface area contributed by atoms with Gasteiger partial charge in [-0.15, -0.1) is 0 Å². The maximum absolute atomic E-state index is 11.5. The molecule has 0 fully saturated rings. The van der Waals surface area contributed by atoms with Crippen molar-refractivity contribution < 1.29 is 19.0 Å². The van der Waals surface area contributed by atoms with Gasteiger partial charge in [-0.05, 0) is 13.8 Å². The number of carbonyl (C=O) groups excluding carboxylic acids is 1. The highest BCUT2D eigenvalue weighted by atomic mass is 16.5. The van der Waals surface area contributed by atoms with Gasteiger partial charge in [0.15, 0.2) is 11.5 Å². The molecule has 2 aromatic rings. The molecule has 0 heterocycles. The van der Waals surface area contributed by atoms with E-state index in [4.69, 9.17) is 14.2 Å². The van der Waals surface area contributed by atoms with Gasteiger partial charge in [0, 0.05) is 22.9 Å². The average Bonchev–Trinajstić information content (AvgIpc) is 2.51. The number of esters is 1. The van der Waals surface area contributed by atoms with Crippen LogP contribution in [-0.2, 0) is 4.79 Å². The molecule has 110 valence electrons. The lowest BCUT2D eigenvalue weighted by Gasteiger charge is -2.16. The molecule has 2 rings (SSSR count). The summed E-state index contributed by atoms with van der Waals surface area (Å²) in [6, 6.07) is 9.24. The molecule has 0 aromatic heterocycles. The summed E-state index contributed by atoms with van der Waals surface area (Å²) >= 11 is 0. The third kappa shape index (κ3) is 3.16. The largest absolute Gasteiger partial charge is 0.490 e. The summed E-state index contributed by atoms with van der Waals surface area (Å²) in [5, 5.41) is 1.64. The lowest BCUT2D eigenvalue weighted by Crippen LogP contribution is -2.05. The molecule has 0 N–H and O–H groups in total. The Morgan fingerprint density at radius 3 is 2.38 bits per heavy atom. The van der Waals surface area contributed by atoms with Crippen molar-refractivity contribution >= 4 is 16.7 Å². The monoisotopic (exact) mass is 286 g/mol. The molecule has 0 aliphatic carbocycles. The van der Waals surface area contributed by atoms with E-state index in [1.165, 1.54) is 0 Å². The second-order valence-corrected chi connectivity index (χ2v) is 4.24. The van der Waals surface area contributed by atoms with Crippen LogP contribution in [0, 0.1) is 0 Å². The zero-order valence-corrected chi connectivity index (χ0v) is 12.2. The Kier molecular flexibility index (Phi) is 4.82. The second kappa shape index (κ2) is 6.79. The van der Waals surface area contributed by atoms with E-state index in [9.17, 15) is 4.79 Å². The predicted molar refractivity (Wildman–Crippen MR) is 82.1 cm³/mol. The number of ether oxygens (including phenoxy) is 3. The van der Waals surface area contributed by atoms with Crippen LogP contribution in [-0.4, -0.2) is 19.2 Å². The normalized spacial score (nSPS) is 10.2. The van der Waals surface area contributed by atoms with Crippen molar-refractivity contribution in [3.63, 3.8) is 0 Å². The predicted octanol–water partition coefficient (Wildman–Crippen LogP) is 3.73. The number of hydrogen-bond acceptors (Lipinski definition) is 4. The number of carbonyl (C=O) groups is 1. The highest BCUT2D eigenvalue weighted by Gasteiger charge is 2.16. The minimum Gasteiger partial charge on any atom is -0.490 e. The lowest BCUT2D eigenvalue weighted by molar-refractivity contribution is -0.128. The Hall–Kier alpha value is -2.49. The molecule has 0 unspecified atom stereocenters. The van der Waals surface area contributed by atoms with E-state index in [0.29, 0.717) is 30.5 Å². The van der Waals surface area contributed by atoms with Crippen LogP contribution in [0.2, 0.25) is 0 Å². The van der Waals surface area contributed by atoms with E-state index in [2.05, 4.69) is 6.58 Å². The molecule has 0 saturated heterocycles. The maximum atomic E-state index is 11.5. The quantitative estimate of drug-likeness (QED) is 0.461. The molecule has 4 nitrogen and oxygen atoms in total. The van der Waals surface area contributed by atoms with Crippen molar-refractivity contribution in [2.24, 2.45) is 0 Å². The van der Waals surface area contributed by atoms with Gasteiger partial charge in [0.05, 0.1) is 13.2 Å². The van der Waals surface area contributed by atoms with E-state index in [1.807, 2.05) is 38.1 Å². The minimum atomic E-state index is -0.508. The smallest absolute Gasteiger partial charge is 0.335 e. The minimum absolute atomic E-state index is 0.433. The fraction of sp³-hybridized carbons (Fsp3) is 0.235. The Bertz CT molecular complexity index is 661. The van der Waals surface area contributed by atoms with Gasteiger partial charge in [0.2, 0.25) is 0 Å². The van der Waals surface area contributed by atoms with Crippen molar-refractivity contribution in [1.29, 1.82) is 0 Å². The highest BCUT2D eigenvalue weighted by Crippen LogP contribution is 2.41. The van der Waals surface area contributed by atoms with Crippen LogP contribution in [0.15, 0.2) is 43.0 Å². The van der Waals surface area contributed by atoms with Gasteiger partial charge < -0.3 is 14.2 Å². The summed E-state index contributed by atoms with van der Waals surface area (Å²) in [5.74, 6) is 1.15. The Morgan fingerprint density at radius 2 is 1.76 bits per heavy atom. The molecule has 0 amide bonds. The highest BCUT2D eigenvalue weighted by molar-refractivity contribution is 5.97. The van der Waals surface area contributed by atoms with Gasteiger partial charge in [-0.3, -0.25) is 0 Å². The van der Waals surface area contributed by atoms with Crippen molar-refractivity contribution in [3.8, 4) is 17.2 Å². The molecule has 0 radical (unpaired) electrons. The molecule has 2 aromatic carbocycles. The molecular formula is C17H18O4. The standard InChI is InChI=1S/C17H18O4/c1-4-16(18)21-14-11-15(19-5-2)17(20-6-3)13-10-8-7-9-12(13)14/h4,7-11H,1,5-6H2,2-3H3. The van der Waals surface area contributed by atoms with Crippen molar-refractivity contribution in [2.45, 2.75) is 13.8 Å². The first-order valence-electron chi connectivity index (χ1n) is 6.86. The summed E-state index contributed by atoms with van der Waals surface area (Å²) in [7, 11) is 0. The SMILES string of the molecule is C=CC(=O)Oc1cc(OCC)c(OCC)c2ccccc12. The number of hydrogen-bond donors (Lipinski definition) is 0. The van der Waals surface area contributed by atoms with Crippen LogP contribution in [0.3, 0.4) is 0 Å². The first kappa shape index (κ1) is 14.9. The van der Waals surface area contributed by atoms with E-state index in [1.54, 1.807) is 6.07 Å². The van der Waals surface area contributed by atoms with Crippen LogP contribution >= 0.6 is 0 Å². The maximum Gasteiger partial charge on any atom is 0.335 e. The first-order chi connectivity index (χ1) is 10.2. The lowest BCUT2D eigenvalue weighted by atomic mass is 10.1. The van der Waals surface area contributed by atoms with Gasteiger partial charge in [-0.25, -0.2) is 4.79 Å². The van der Waals surface area contributed by atoms with Gasteiger partial charge in [0.1, 0.15) is 5.75 Å². The fourth-order valence-electron chi connectivity index (χ4n) is 2.08. The number of rotatable bonds is 6. The van der Waals surface area contributed by atoms with Gasteiger partial charge in [-0.1, -0.05) is 30.8 Å².